The van der Waals surface area contributed by atoms with Gasteiger partial charge in [0.25, 0.3) is 5.91 Å². The summed E-state index contributed by atoms with van der Waals surface area (Å²) in [5.74, 6) is 1.38. The third-order valence-corrected chi connectivity index (χ3v) is 5.86. The van der Waals surface area contributed by atoms with Crippen LogP contribution in [-0.4, -0.2) is 34.0 Å². The van der Waals surface area contributed by atoms with Gasteiger partial charge in [0.2, 0.25) is 11.5 Å². The lowest BCUT2D eigenvalue weighted by atomic mass is 9.89. The number of hydrogen-bond acceptors (Lipinski definition) is 8. The van der Waals surface area contributed by atoms with Gasteiger partial charge in [-0.05, 0) is 48.7 Å². The van der Waals surface area contributed by atoms with Gasteiger partial charge in [0.05, 0.1) is 34.7 Å². The van der Waals surface area contributed by atoms with Crippen LogP contribution in [-0.2, 0) is 5.66 Å². The Morgan fingerprint density at radius 3 is 2.58 bits per heavy atom. The number of carbonyl (C=O) groups is 1. The summed E-state index contributed by atoms with van der Waals surface area (Å²) in [6.45, 7) is 8.56. The second-order valence-electron chi connectivity index (χ2n) is 9.87. The van der Waals surface area contributed by atoms with E-state index in [9.17, 15) is 4.79 Å². The minimum absolute atomic E-state index is 0.0343. The predicted octanol–water partition coefficient (Wildman–Crippen LogP) is 4.95. The van der Waals surface area contributed by atoms with Gasteiger partial charge in [-0.25, -0.2) is 20.0 Å². The Labute approximate surface area is 213 Å². The number of halogens is 1. The average Bonchev–Trinajstić information content (AvgIpc) is 3.13. The van der Waals surface area contributed by atoms with Crippen LogP contribution < -0.4 is 20.5 Å². The van der Waals surface area contributed by atoms with Crippen LogP contribution in [0.3, 0.4) is 0 Å². The number of aliphatic imine (C=N–C) groups is 2. The summed E-state index contributed by atoms with van der Waals surface area (Å²) in [7, 11) is 0. The van der Waals surface area contributed by atoms with Gasteiger partial charge in [0.15, 0.2) is 0 Å². The first kappa shape index (κ1) is 23.7. The fraction of sp³-hybridized carbons (Fsp3) is 0.269. The smallest absolute Gasteiger partial charge is 0.274 e. The van der Waals surface area contributed by atoms with Crippen molar-refractivity contribution in [2.24, 2.45) is 21.1 Å². The van der Waals surface area contributed by atoms with E-state index in [1.165, 1.54) is 6.20 Å². The van der Waals surface area contributed by atoms with E-state index < -0.39 is 5.66 Å². The van der Waals surface area contributed by atoms with Crippen molar-refractivity contribution in [2.45, 2.75) is 33.4 Å². The van der Waals surface area contributed by atoms with E-state index in [-0.39, 0.29) is 17.0 Å². The van der Waals surface area contributed by atoms with Crippen molar-refractivity contribution in [3.63, 3.8) is 0 Å². The van der Waals surface area contributed by atoms with Crippen LogP contribution in [0.1, 0.15) is 49.3 Å². The molecule has 0 fully saturated rings. The van der Waals surface area contributed by atoms with Gasteiger partial charge in [0, 0.05) is 11.9 Å². The van der Waals surface area contributed by atoms with Crippen LogP contribution in [0.25, 0.3) is 0 Å². The summed E-state index contributed by atoms with van der Waals surface area (Å²) in [6, 6.07) is 10.2. The van der Waals surface area contributed by atoms with E-state index in [1.54, 1.807) is 43.5 Å². The lowest BCUT2D eigenvalue weighted by Gasteiger charge is -2.32. The van der Waals surface area contributed by atoms with Crippen LogP contribution in [0, 0.1) is 5.41 Å². The van der Waals surface area contributed by atoms with Gasteiger partial charge >= 0.3 is 0 Å². The number of anilines is 1. The molecule has 1 atom stereocenters. The molecule has 0 saturated carbocycles. The van der Waals surface area contributed by atoms with Crippen LogP contribution in [0.15, 0.2) is 58.8 Å². The van der Waals surface area contributed by atoms with Gasteiger partial charge < -0.3 is 20.5 Å². The van der Waals surface area contributed by atoms with E-state index in [2.05, 4.69) is 36.1 Å². The molecule has 3 N–H and O–H groups in total. The highest BCUT2D eigenvalue weighted by molar-refractivity contribution is 6.41. The Balaban J connectivity index is 1.55. The maximum absolute atomic E-state index is 12.8. The van der Waals surface area contributed by atoms with Crippen LogP contribution in [0.2, 0.25) is 5.02 Å². The van der Waals surface area contributed by atoms with E-state index in [0.29, 0.717) is 57.4 Å². The lowest BCUT2D eigenvalue weighted by molar-refractivity contribution is 0.102. The van der Waals surface area contributed by atoms with Crippen LogP contribution in [0.4, 0.5) is 5.69 Å². The number of rotatable bonds is 4. The number of hydrogen-bond donors (Lipinski definition) is 2. The molecule has 2 aliphatic rings. The first-order chi connectivity index (χ1) is 17.0. The van der Waals surface area contributed by atoms with E-state index in [4.69, 9.17) is 36.8 Å². The molecule has 4 heterocycles. The van der Waals surface area contributed by atoms with Crippen molar-refractivity contribution in [3.8, 4) is 17.4 Å². The monoisotopic (exact) mass is 504 g/mol. The van der Waals surface area contributed by atoms with Crippen molar-refractivity contribution < 1.29 is 14.3 Å². The molecule has 0 radical (unpaired) electrons. The second kappa shape index (κ2) is 8.60. The van der Waals surface area contributed by atoms with Crippen LogP contribution >= 0.6 is 11.6 Å². The number of amides is 1. The summed E-state index contributed by atoms with van der Waals surface area (Å²) < 4.78 is 12.1. The summed E-state index contributed by atoms with van der Waals surface area (Å²) in [5, 5.41) is 3.31. The average molecular weight is 505 g/mol. The van der Waals surface area contributed by atoms with Gasteiger partial charge in [-0.15, -0.1) is 0 Å². The minimum Gasteiger partial charge on any atom is -0.491 e. The Kier molecular flexibility index (Phi) is 5.67. The van der Waals surface area contributed by atoms with Crippen LogP contribution in [0.5, 0.6) is 17.4 Å². The second-order valence-corrected chi connectivity index (χ2v) is 10.3. The summed E-state index contributed by atoms with van der Waals surface area (Å²) in [6.07, 6.45) is 3.04. The first-order valence-corrected chi connectivity index (χ1v) is 11.7. The highest BCUT2D eigenvalue weighted by atomic mass is 35.5. The number of nitrogens with zero attached hydrogens (tertiary/aromatic N) is 4. The first-order valence-electron chi connectivity index (χ1n) is 11.3. The molecule has 1 spiro atoms. The van der Waals surface area contributed by atoms with Crippen molar-refractivity contribution in [1.29, 1.82) is 0 Å². The zero-order valence-corrected chi connectivity index (χ0v) is 21.1. The quantitative estimate of drug-likeness (QED) is 0.518. The van der Waals surface area contributed by atoms with Gasteiger partial charge in [-0.1, -0.05) is 32.4 Å². The molecule has 2 aliphatic heterocycles. The fourth-order valence-corrected chi connectivity index (χ4v) is 4.00. The van der Waals surface area contributed by atoms with Gasteiger partial charge in [-0.2, -0.15) is 0 Å². The third kappa shape index (κ3) is 4.37. The molecule has 0 saturated heterocycles. The predicted molar refractivity (Wildman–Crippen MR) is 138 cm³/mol. The topological polar surface area (TPSA) is 124 Å². The summed E-state index contributed by atoms with van der Waals surface area (Å²) in [4.78, 5) is 30.9. The number of amidine groups is 1. The molecule has 5 rings (SSSR count). The van der Waals surface area contributed by atoms with Gasteiger partial charge in [-0.3, -0.25) is 4.79 Å². The SMILES string of the molecule is CC1=NC2(N=C1N)c1cc(NC(=O)c3ccc(Cl)cn3)ccc1Oc1ncc(OCC(C)(C)C)cc12. The number of benzene rings is 1. The molecule has 1 amide bonds. The number of fused-ring (bicyclic) bond motifs is 4. The Hall–Kier alpha value is -3.98. The molecular formula is C26H25ClN6O3. The standard InChI is InChI=1S/C26H25ClN6O3/c1-14-22(28)33-26(32-14)18-9-16(31-23(34)20-7-5-15(27)11-29-20)6-8-21(18)36-24-19(26)10-17(12-30-24)35-13-25(2,3)4/h5-12H,13H2,1-4H3,(H2,28,33)(H,31,34). The number of nitrogens with two attached hydrogens (primary N) is 1. The van der Waals surface area contributed by atoms with Crippen molar-refractivity contribution in [2.75, 3.05) is 11.9 Å². The third-order valence-electron chi connectivity index (χ3n) is 5.64. The molecule has 0 bridgehead atoms. The van der Waals surface area contributed by atoms with E-state index in [0.717, 1.165) is 0 Å². The molecule has 36 heavy (non-hydrogen) atoms. The number of aromatic nitrogens is 2. The number of ether oxygens (including phenoxy) is 2. The minimum atomic E-state index is -1.22. The summed E-state index contributed by atoms with van der Waals surface area (Å²) >= 11 is 5.89. The lowest BCUT2D eigenvalue weighted by Crippen LogP contribution is -2.28. The maximum atomic E-state index is 12.8. The molecule has 10 heteroatoms. The normalized spacial score (nSPS) is 18.0. The Bertz CT molecular complexity index is 1410. The zero-order valence-electron chi connectivity index (χ0n) is 20.3. The molecule has 1 unspecified atom stereocenters. The van der Waals surface area contributed by atoms with Crippen molar-refractivity contribution >= 4 is 34.7 Å². The van der Waals surface area contributed by atoms with E-state index >= 15 is 0 Å². The van der Waals surface area contributed by atoms with Crippen molar-refractivity contribution in [1.82, 2.24) is 9.97 Å². The Morgan fingerprint density at radius 1 is 1.11 bits per heavy atom. The Morgan fingerprint density at radius 2 is 1.92 bits per heavy atom. The molecule has 3 aromatic rings. The highest BCUT2D eigenvalue weighted by Gasteiger charge is 2.46. The number of nitrogens with one attached hydrogen (secondary N) is 1. The molecular weight excluding hydrogens is 480 g/mol. The highest BCUT2D eigenvalue weighted by Crippen LogP contribution is 2.52. The molecule has 0 aliphatic carbocycles. The van der Waals surface area contributed by atoms with Crippen molar-refractivity contribution in [3.05, 3.63) is 70.6 Å². The van der Waals surface area contributed by atoms with Gasteiger partial charge in [0.1, 0.15) is 23.0 Å². The largest absolute Gasteiger partial charge is 0.491 e. The zero-order chi connectivity index (χ0) is 25.7. The molecule has 184 valence electrons. The van der Waals surface area contributed by atoms with E-state index in [1.807, 2.05) is 6.07 Å². The molecule has 2 aromatic heterocycles. The molecule has 1 aromatic carbocycles. The molecule has 9 nitrogen and oxygen atoms in total. The number of carbonyl (C=O) groups excluding carboxylic acids is 1. The summed E-state index contributed by atoms with van der Waals surface area (Å²) in [5.41, 5.74) is 7.50. The number of pyridine rings is 2. The fourth-order valence-electron chi connectivity index (χ4n) is 3.89. The maximum Gasteiger partial charge on any atom is 0.274 e.